The van der Waals surface area contributed by atoms with E-state index in [1.54, 1.807) is 0 Å². The van der Waals surface area contributed by atoms with E-state index in [-0.39, 0.29) is 11.8 Å². The number of hydrogen-bond donors (Lipinski definition) is 1. The highest BCUT2D eigenvalue weighted by atomic mass is 16.3. The number of benzene rings is 1. The fraction of sp³-hybridized carbons (Fsp3) is 0.438. The van der Waals surface area contributed by atoms with Crippen molar-refractivity contribution >= 4 is 5.78 Å². The molecular formula is C16H19NO2. The highest BCUT2D eigenvalue weighted by Crippen LogP contribution is 2.37. The maximum Gasteiger partial charge on any atom is 0.164 e. The van der Waals surface area contributed by atoms with Gasteiger partial charge in [-0.2, -0.15) is 0 Å². The van der Waals surface area contributed by atoms with Crippen molar-refractivity contribution in [2.75, 3.05) is 13.1 Å². The molecule has 2 aliphatic rings. The third-order valence-corrected chi connectivity index (χ3v) is 4.09. The largest absolute Gasteiger partial charge is 0.512 e. The summed E-state index contributed by atoms with van der Waals surface area (Å²) in [4.78, 5) is 14.4. The Labute approximate surface area is 113 Å². The smallest absolute Gasteiger partial charge is 0.164 e. The van der Waals surface area contributed by atoms with Crippen LogP contribution in [0.4, 0.5) is 0 Å². The molecule has 1 aliphatic heterocycles. The first-order chi connectivity index (χ1) is 9.27. The Morgan fingerprint density at radius 2 is 1.74 bits per heavy atom. The molecule has 19 heavy (non-hydrogen) atoms. The Morgan fingerprint density at radius 1 is 1.05 bits per heavy atom. The topological polar surface area (TPSA) is 40.5 Å². The molecule has 1 N–H and O–H groups in total. The van der Waals surface area contributed by atoms with E-state index in [1.165, 1.54) is 12.8 Å². The molecule has 3 heteroatoms. The van der Waals surface area contributed by atoms with Gasteiger partial charge in [-0.05, 0) is 31.5 Å². The highest BCUT2D eigenvalue weighted by molar-refractivity contribution is 5.99. The fourth-order valence-corrected chi connectivity index (χ4v) is 3.17. The van der Waals surface area contributed by atoms with E-state index in [9.17, 15) is 9.90 Å². The molecule has 0 saturated carbocycles. The molecule has 1 heterocycles. The number of nitrogens with zero attached hydrogens (tertiary/aromatic N) is 1. The first-order valence-corrected chi connectivity index (χ1v) is 7.01. The van der Waals surface area contributed by atoms with E-state index in [1.807, 2.05) is 18.2 Å². The van der Waals surface area contributed by atoms with Crippen molar-refractivity contribution in [2.24, 2.45) is 0 Å². The maximum absolute atomic E-state index is 12.1. The standard InChI is InChI=1S/C16H19NO2/c18-13-8-9-14(19)15(13)16(17-10-4-5-11-17)12-6-2-1-3-7-12/h1-3,6-7,16,18H,4-5,8-11H2. The third-order valence-electron chi connectivity index (χ3n) is 4.09. The number of hydrogen-bond acceptors (Lipinski definition) is 3. The van der Waals surface area contributed by atoms with Gasteiger partial charge in [0.05, 0.1) is 11.6 Å². The van der Waals surface area contributed by atoms with Crippen molar-refractivity contribution in [3.8, 4) is 0 Å². The predicted octanol–water partition coefficient (Wildman–Crippen LogP) is 3.00. The van der Waals surface area contributed by atoms with E-state index in [2.05, 4.69) is 17.0 Å². The first kappa shape index (κ1) is 12.4. The van der Waals surface area contributed by atoms with Gasteiger partial charge in [0.25, 0.3) is 0 Å². The van der Waals surface area contributed by atoms with E-state index in [4.69, 9.17) is 0 Å². The van der Waals surface area contributed by atoms with Crippen LogP contribution in [0.15, 0.2) is 41.7 Å². The van der Waals surface area contributed by atoms with E-state index >= 15 is 0 Å². The monoisotopic (exact) mass is 257 g/mol. The maximum atomic E-state index is 12.1. The molecular weight excluding hydrogens is 238 g/mol. The van der Waals surface area contributed by atoms with Crippen molar-refractivity contribution in [2.45, 2.75) is 31.7 Å². The number of rotatable bonds is 3. The van der Waals surface area contributed by atoms with Crippen LogP contribution in [0.25, 0.3) is 0 Å². The van der Waals surface area contributed by atoms with Crippen molar-refractivity contribution < 1.29 is 9.90 Å². The van der Waals surface area contributed by atoms with Crippen molar-refractivity contribution in [1.82, 2.24) is 4.90 Å². The van der Waals surface area contributed by atoms with Crippen LogP contribution in [-0.4, -0.2) is 28.9 Å². The normalized spacial score (nSPS) is 22.2. The van der Waals surface area contributed by atoms with Gasteiger partial charge in [0, 0.05) is 12.8 Å². The molecule has 0 radical (unpaired) electrons. The Bertz CT molecular complexity index is 501. The average Bonchev–Trinajstić information content (AvgIpc) is 3.06. The zero-order valence-electron chi connectivity index (χ0n) is 11.0. The number of Topliss-reactive ketones (excluding diaryl/α,β-unsaturated/α-hetero) is 1. The SMILES string of the molecule is O=C1CCC(O)=C1C(c1ccccc1)N1CCCC1. The van der Waals surface area contributed by atoms with Crippen molar-refractivity contribution in [1.29, 1.82) is 0 Å². The first-order valence-electron chi connectivity index (χ1n) is 7.01. The predicted molar refractivity (Wildman–Crippen MR) is 73.9 cm³/mol. The molecule has 1 aliphatic carbocycles. The molecule has 1 unspecified atom stereocenters. The van der Waals surface area contributed by atoms with Gasteiger partial charge in [-0.1, -0.05) is 30.3 Å². The summed E-state index contributed by atoms with van der Waals surface area (Å²) in [5.41, 5.74) is 1.74. The van der Waals surface area contributed by atoms with E-state index < -0.39 is 0 Å². The number of ketones is 1. The van der Waals surface area contributed by atoms with Crippen LogP contribution in [0.2, 0.25) is 0 Å². The van der Waals surface area contributed by atoms with Gasteiger partial charge in [-0.3, -0.25) is 9.69 Å². The van der Waals surface area contributed by atoms with Crippen LogP contribution in [0.5, 0.6) is 0 Å². The molecule has 1 fully saturated rings. The van der Waals surface area contributed by atoms with Crippen LogP contribution in [0.3, 0.4) is 0 Å². The van der Waals surface area contributed by atoms with Gasteiger partial charge in [0.1, 0.15) is 5.76 Å². The second-order valence-corrected chi connectivity index (χ2v) is 5.34. The van der Waals surface area contributed by atoms with Gasteiger partial charge in [-0.25, -0.2) is 0 Å². The van der Waals surface area contributed by atoms with Gasteiger partial charge in [0.15, 0.2) is 5.78 Å². The molecule has 3 rings (SSSR count). The minimum Gasteiger partial charge on any atom is -0.512 e. The molecule has 1 saturated heterocycles. The number of aliphatic hydroxyl groups is 1. The Morgan fingerprint density at radius 3 is 2.32 bits per heavy atom. The lowest BCUT2D eigenvalue weighted by atomic mass is 9.95. The molecule has 0 aromatic heterocycles. The quantitative estimate of drug-likeness (QED) is 0.905. The second kappa shape index (κ2) is 5.17. The summed E-state index contributed by atoms with van der Waals surface area (Å²) < 4.78 is 0. The van der Waals surface area contributed by atoms with Crippen LogP contribution >= 0.6 is 0 Å². The van der Waals surface area contributed by atoms with E-state index in [0.29, 0.717) is 24.2 Å². The third kappa shape index (κ3) is 2.30. The fourth-order valence-electron chi connectivity index (χ4n) is 3.17. The lowest BCUT2D eigenvalue weighted by molar-refractivity contribution is -0.115. The van der Waals surface area contributed by atoms with Gasteiger partial charge in [0.2, 0.25) is 0 Å². The summed E-state index contributed by atoms with van der Waals surface area (Å²) >= 11 is 0. The lowest BCUT2D eigenvalue weighted by Crippen LogP contribution is -2.29. The average molecular weight is 257 g/mol. The minimum absolute atomic E-state index is 0.0568. The van der Waals surface area contributed by atoms with Crippen LogP contribution in [-0.2, 0) is 4.79 Å². The zero-order valence-corrected chi connectivity index (χ0v) is 11.0. The van der Waals surface area contributed by atoms with Crippen LogP contribution < -0.4 is 0 Å². The summed E-state index contributed by atoms with van der Waals surface area (Å²) in [5, 5.41) is 10.1. The minimum atomic E-state index is -0.0568. The summed E-state index contributed by atoms with van der Waals surface area (Å²) in [7, 11) is 0. The highest BCUT2D eigenvalue weighted by Gasteiger charge is 2.35. The number of allylic oxidation sites excluding steroid dienone is 1. The Kier molecular flexibility index (Phi) is 3.38. The molecule has 1 atom stereocenters. The van der Waals surface area contributed by atoms with Crippen molar-refractivity contribution in [3.63, 3.8) is 0 Å². The molecule has 1 aromatic carbocycles. The van der Waals surface area contributed by atoms with Gasteiger partial charge < -0.3 is 5.11 Å². The summed E-state index contributed by atoms with van der Waals surface area (Å²) in [6.45, 7) is 2.01. The molecule has 0 bridgehead atoms. The van der Waals surface area contributed by atoms with Gasteiger partial charge >= 0.3 is 0 Å². The van der Waals surface area contributed by atoms with Crippen molar-refractivity contribution in [3.05, 3.63) is 47.2 Å². The number of carbonyl (C=O) groups excluding carboxylic acids is 1. The molecule has 100 valence electrons. The number of likely N-dealkylation sites (tertiary alicyclic amines) is 1. The lowest BCUT2D eigenvalue weighted by Gasteiger charge is -2.28. The molecule has 3 nitrogen and oxygen atoms in total. The van der Waals surface area contributed by atoms with Gasteiger partial charge in [-0.15, -0.1) is 0 Å². The molecule has 0 amide bonds. The summed E-state index contributed by atoms with van der Waals surface area (Å²) in [6, 6.07) is 10.0. The second-order valence-electron chi connectivity index (χ2n) is 5.34. The zero-order chi connectivity index (χ0) is 13.2. The Hall–Kier alpha value is -1.61. The van der Waals surface area contributed by atoms with E-state index in [0.717, 1.165) is 18.7 Å². The Balaban J connectivity index is 2.02. The van der Waals surface area contributed by atoms with Crippen LogP contribution in [0, 0.1) is 0 Å². The number of aliphatic hydroxyl groups excluding tert-OH is 1. The summed E-state index contributed by atoms with van der Waals surface area (Å²) in [6.07, 6.45) is 3.31. The van der Waals surface area contributed by atoms with Crippen LogP contribution in [0.1, 0.15) is 37.3 Å². The molecule has 1 aromatic rings. The number of carbonyl (C=O) groups is 1. The molecule has 0 spiro atoms. The summed E-state index contributed by atoms with van der Waals surface area (Å²) in [5.74, 6) is 0.406.